The van der Waals surface area contributed by atoms with Gasteiger partial charge in [-0.15, -0.1) is 0 Å². The summed E-state index contributed by atoms with van der Waals surface area (Å²) >= 11 is 0. The van der Waals surface area contributed by atoms with E-state index < -0.39 is 11.8 Å². The van der Waals surface area contributed by atoms with Crippen LogP contribution in [0.15, 0.2) is 0 Å². The quantitative estimate of drug-likeness (QED) is 0.753. The molecule has 1 heterocycles. The molecule has 0 aromatic rings. The zero-order valence-electron chi connectivity index (χ0n) is 11.3. The van der Waals surface area contributed by atoms with E-state index >= 15 is 0 Å². The summed E-state index contributed by atoms with van der Waals surface area (Å²) in [6.07, 6.45) is 2.81. The summed E-state index contributed by atoms with van der Waals surface area (Å²) < 4.78 is 0. The van der Waals surface area contributed by atoms with Crippen molar-refractivity contribution >= 4 is 17.7 Å². The maximum atomic E-state index is 12.1. The minimum Gasteiger partial charge on any atom is -0.369 e. The van der Waals surface area contributed by atoms with E-state index in [9.17, 15) is 14.4 Å². The van der Waals surface area contributed by atoms with E-state index in [2.05, 4.69) is 0 Å². The molecule has 3 amide bonds. The number of carbonyl (C=O) groups is 3. The average molecular weight is 267 g/mol. The fourth-order valence-corrected chi connectivity index (χ4v) is 2.40. The van der Waals surface area contributed by atoms with Crippen molar-refractivity contribution in [1.82, 2.24) is 9.80 Å². The van der Waals surface area contributed by atoms with Gasteiger partial charge in [0.25, 0.3) is 0 Å². The van der Waals surface area contributed by atoms with Gasteiger partial charge in [-0.3, -0.25) is 14.4 Å². The molecule has 6 heteroatoms. The normalized spacial score (nSPS) is 23.9. The predicted octanol–water partition coefficient (Wildman–Crippen LogP) is -0.421. The molecular formula is C13H21N3O3. The minimum absolute atomic E-state index is 0.0808. The monoisotopic (exact) mass is 267 g/mol. The average Bonchev–Trinajstić information content (AvgIpc) is 3.12. The number of amides is 3. The van der Waals surface area contributed by atoms with Gasteiger partial charge >= 0.3 is 0 Å². The zero-order valence-corrected chi connectivity index (χ0v) is 11.3. The van der Waals surface area contributed by atoms with Crippen LogP contribution < -0.4 is 5.73 Å². The van der Waals surface area contributed by atoms with Gasteiger partial charge in [-0.05, 0) is 18.8 Å². The second kappa shape index (κ2) is 5.59. The summed E-state index contributed by atoms with van der Waals surface area (Å²) in [7, 11) is 0. The van der Waals surface area contributed by atoms with Crippen LogP contribution in [0.2, 0.25) is 0 Å². The molecule has 0 bridgehead atoms. The Hall–Kier alpha value is -1.59. The van der Waals surface area contributed by atoms with Gasteiger partial charge in [-0.25, -0.2) is 0 Å². The van der Waals surface area contributed by atoms with Crippen LogP contribution in [0.1, 0.15) is 26.2 Å². The number of nitrogens with zero attached hydrogens (tertiary/aromatic N) is 2. The van der Waals surface area contributed by atoms with E-state index in [0.717, 1.165) is 12.8 Å². The second-order valence-corrected chi connectivity index (χ2v) is 5.55. The molecule has 2 rings (SSSR count). The predicted molar refractivity (Wildman–Crippen MR) is 68.9 cm³/mol. The van der Waals surface area contributed by atoms with Gasteiger partial charge in [0.05, 0.1) is 5.92 Å². The number of carbonyl (C=O) groups excluding carboxylic acids is 3. The summed E-state index contributed by atoms with van der Waals surface area (Å²) in [4.78, 5) is 38.3. The Balaban J connectivity index is 2.02. The molecule has 1 aliphatic heterocycles. The molecule has 2 fully saturated rings. The topological polar surface area (TPSA) is 83.7 Å². The molecular weight excluding hydrogens is 246 g/mol. The lowest BCUT2D eigenvalue weighted by molar-refractivity contribution is -0.133. The van der Waals surface area contributed by atoms with Crippen LogP contribution in [0.5, 0.6) is 0 Å². The molecule has 0 radical (unpaired) electrons. The van der Waals surface area contributed by atoms with E-state index in [1.807, 2.05) is 0 Å². The highest BCUT2D eigenvalue weighted by molar-refractivity contribution is 5.81. The van der Waals surface area contributed by atoms with E-state index in [4.69, 9.17) is 5.73 Å². The first-order valence-electron chi connectivity index (χ1n) is 6.80. The summed E-state index contributed by atoms with van der Waals surface area (Å²) in [5, 5.41) is 0. The van der Waals surface area contributed by atoms with Crippen molar-refractivity contribution in [2.75, 3.05) is 26.2 Å². The Bertz CT molecular complexity index is 393. The Morgan fingerprint density at radius 1 is 1.11 bits per heavy atom. The first kappa shape index (κ1) is 13.8. The molecule has 0 aromatic heterocycles. The van der Waals surface area contributed by atoms with Crippen molar-refractivity contribution < 1.29 is 14.4 Å². The second-order valence-electron chi connectivity index (χ2n) is 5.55. The van der Waals surface area contributed by atoms with Gasteiger partial charge in [-0.2, -0.15) is 0 Å². The standard InChI is InChI=1S/C13H21N3O3/c1-9(17)15-4-5-16(8-11(7-15)13(14)19)12(18)6-10-2-3-10/h10-11H,2-8H2,1H3,(H2,14,19)/t11-/m1/s1. The molecule has 6 nitrogen and oxygen atoms in total. The van der Waals surface area contributed by atoms with Crippen LogP contribution in [-0.4, -0.2) is 53.7 Å². The van der Waals surface area contributed by atoms with Gasteiger partial charge in [-0.1, -0.05) is 0 Å². The smallest absolute Gasteiger partial charge is 0.224 e. The van der Waals surface area contributed by atoms with Gasteiger partial charge in [0.2, 0.25) is 17.7 Å². The SMILES string of the molecule is CC(=O)N1CCN(C(=O)CC2CC2)C[C@H](C(N)=O)C1. The van der Waals surface area contributed by atoms with Crippen LogP contribution in [0.3, 0.4) is 0 Å². The minimum atomic E-state index is -0.463. The summed E-state index contributed by atoms with van der Waals surface area (Å²) in [5.41, 5.74) is 5.36. The highest BCUT2D eigenvalue weighted by Gasteiger charge is 2.32. The number of nitrogens with two attached hydrogens (primary N) is 1. The lowest BCUT2D eigenvalue weighted by Gasteiger charge is -2.22. The number of primary amides is 1. The highest BCUT2D eigenvalue weighted by atomic mass is 16.2. The van der Waals surface area contributed by atoms with E-state index in [1.54, 1.807) is 9.80 Å². The fraction of sp³-hybridized carbons (Fsp3) is 0.769. The van der Waals surface area contributed by atoms with Crippen LogP contribution in [0.4, 0.5) is 0 Å². The number of hydrogen-bond donors (Lipinski definition) is 1. The molecule has 1 aliphatic carbocycles. The van der Waals surface area contributed by atoms with Crippen molar-refractivity contribution in [2.24, 2.45) is 17.6 Å². The Morgan fingerprint density at radius 2 is 1.68 bits per heavy atom. The Kier molecular flexibility index (Phi) is 4.07. The van der Waals surface area contributed by atoms with E-state index in [-0.39, 0.29) is 11.8 Å². The van der Waals surface area contributed by atoms with Crippen molar-refractivity contribution in [1.29, 1.82) is 0 Å². The Labute approximate surface area is 112 Å². The van der Waals surface area contributed by atoms with Crippen LogP contribution in [0, 0.1) is 11.8 Å². The molecule has 1 saturated heterocycles. The molecule has 0 spiro atoms. The van der Waals surface area contributed by atoms with Crippen LogP contribution >= 0.6 is 0 Å². The van der Waals surface area contributed by atoms with Gasteiger partial charge < -0.3 is 15.5 Å². The first-order valence-corrected chi connectivity index (χ1v) is 6.80. The lowest BCUT2D eigenvalue weighted by atomic mass is 10.1. The van der Waals surface area contributed by atoms with Crippen molar-refractivity contribution in [3.8, 4) is 0 Å². The highest BCUT2D eigenvalue weighted by Crippen LogP contribution is 2.33. The number of hydrogen-bond acceptors (Lipinski definition) is 3. The lowest BCUT2D eigenvalue weighted by Crippen LogP contribution is -2.40. The Morgan fingerprint density at radius 3 is 2.21 bits per heavy atom. The fourth-order valence-electron chi connectivity index (χ4n) is 2.40. The van der Waals surface area contributed by atoms with Crippen molar-refractivity contribution in [2.45, 2.75) is 26.2 Å². The molecule has 106 valence electrons. The third-order valence-corrected chi connectivity index (χ3v) is 3.88. The maximum Gasteiger partial charge on any atom is 0.224 e. The molecule has 0 unspecified atom stereocenters. The third-order valence-electron chi connectivity index (χ3n) is 3.88. The molecule has 19 heavy (non-hydrogen) atoms. The zero-order chi connectivity index (χ0) is 14.0. The van der Waals surface area contributed by atoms with Gasteiger partial charge in [0.1, 0.15) is 0 Å². The van der Waals surface area contributed by atoms with Crippen LogP contribution in [0.25, 0.3) is 0 Å². The summed E-state index contributed by atoms with van der Waals surface area (Å²) in [5.74, 6) is -0.388. The maximum absolute atomic E-state index is 12.1. The van der Waals surface area contributed by atoms with Crippen molar-refractivity contribution in [3.63, 3.8) is 0 Å². The first-order chi connectivity index (χ1) is 8.97. The molecule has 0 aromatic carbocycles. The molecule has 1 saturated carbocycles. The largest absolute Gasteiger partial charge is 0.369 e. The van der Waals surface area contributed by atoms with Gasteiger partial charge in [0, 0.05) is 39.5 Å². The number of rotatable bonds is 3. The summed E-state index contributed by atoms with van der Waals surface area (Å²) in [6, 6.07) is 0. The molecule has 1 atom stereocenters. The van der Waals surface area contributed by atoms with Crippen molar-refractivity contribution in [3.05, 3.63) is 0 Å². The third kappa shape index (κ3) is 3.68. The molecule has 2 aliphatic rings. The summed E-state index contributed by atoms with van der Waals surface area (Å²) in [6.45, 7) is 3.10. The van der Waals surface area contributed by atoms with E-state index in [0.29, 0.717) is 38.5 Å². The molecule has 2 N–H and O–H groups in total. The van der Waals surface area contributed by atoms with Crippen LogP contribution in [-0.2, 0) is 14.4 Å². The van der Waals surface area contributed by atoms with E-state index in [1.165, 1.54) is 6.92 Å². The van der Waals surface area contributed by atoms with Gasteiger partial charge in [0.15, 0.2) is 0 Å².